The van der Waals surface area contributed by atoms with Crippen LogP contribution in [0.4, 0.5) is 0 Å². The molecule has 0 aromatic carbocycles. The van der Waals surface area contributed by atoms with Crippen LogP contribution in [0.2, 0.25) is 0 Å². The van der Waals surface area contributed by atoms with Crippen LogP contribution in [0.3, 0.4) is 0 Å². The first kappa shape index (κ1) is 14.5. The standard InChI is InChI=1S/C14H27N5/c1-12-7-4-5-9-19(12)10-6-8-15-11-14-17-16-13(2)18(14)3/h12,15H,4-11H2,1-3H3. The molecule has 1 fully saturated rings. The fourth-order valence-electron chi connectivity index (χ4n) is 2.70. The van der Waals surface area contributed by atoms with Crippen LogP contribution in [0.1, 0.15) is 44.3 Å². The van der Waals surface area contributed by atoms with Gasteiger partial charge in [-0.15, -0.1) is 10.2 Å². The highest BCUT2D eigenvalue weighted by atomic mass is 15.3. The predicted molar refractivity (Wildman–Crippen MR) is 76.9 cm³/mol. The van der Waals surface area contributed by atoms with Crippen molar-refractivity contribution in [2.24, 2.45) is 7.05 Å². The van der Waals surface area contributed by atoms with Gasteiger partial charge in [-0.1, -0.05) is 6.42 Å². The van der Waals surface area contributed by atoms with Crippen molar-refractivity contribution in [1.82, 2.24) is 25.0 Å². The Bertz CT molecular complexity index is 387. The number of rotatable bonds is 6. The molecule has 0 bridgehead atoms. The topological polar surface area (TPSA) is 46.0 Å². The molecule has 2 rings (SSSR count). The Balaban J connectivity index is 1.60. The third-order valence-corrected chi connectivity index (χ3v) is 4.21. The van der Waals surface area contributed by atoms with Crippen LogP contribution in [0.25, 0.3) is 0 Å². The van der Waals surface area contributed by atoms with Gasteiger partial charge in [-0.25, -0.2) is 0 Å². The minimum atomic E-state index is 0.773. The maximum absolute atomic E-state index is 4.15. The normalized spacial score (nSPS) is 20.9. The van der Waals surface area contributed by atoms with Crippen molar-refractivity contribution in [2.45, 2.75) is 52.1 Å². The number of aromatic nitrogens is 3. The molecule has 1 aromatic rings. The average Bonchev–Trinajstić information content (AvgIpc) is 2.72. The SMILES string of the molecule is Cc1nnc(CNCCCN2CCCCC2C)n1C. The summed E-state index contributed by atoms with van der Waals surface area (Å²) in [7, 11) is 2.02. The molecule has 19 heavy (non-hydrogen) atoms. The third-order valence-electron chi connectivity index (χ3n) is 4.21. The molecule has 1 aliphatic rings. The Morgan fingerprint density at radius 3 is 2.84 bits per heavy atom. The van der Waals surface area contributed by atoms with Crippen molar-refractivity contribution in [2.75, 3.05) is 19.6 Å². The molecule has 1 saturated heterocycles. The first-order chi connectivity index (χ1) is 9.18. The number of hydrogen-bond donors (Lipinski definition) is 1. The summed E-state index contributed by atoms with van der Waals surface area (Å²) < 4.78 is 2.04. The third kappa shape index (κ3) is 4.01. The lowest BCUT2D eigenvalue weighted by Gasteiger charge is -2.33. The van der Waals surface area contributed by atoms with Crippen molar-refractivity contribution in [3.63, 3.8) is 0 Å². The summed E-state index contributed by atoms with van der Waals surface area (Å²) >= 11 is 0. The van der Waals surface area contributed by atoms with Crippen LogP contribution in [0, 0.1) is 6.92 Å². The molecule has 1 unspecified atom stereocenters. The quantitative estimate of drug-likeness (QED) is 0.791. The molecule has 0 amide bonds. The zero-order chi connectivity index (χ0) is 13.7. The molecule has 0 radical (unpaired) electrons. The number of piperidine rings is 1. The summed E-state index contributed by atoms with van der Waals surface area (Å²) in [6, 6.07) is 0.773. The second-order valence-corrected chi connectivity index (χ2v) is 5.63. The van der Waals surface area contributed by atoms with Crippen LogP contribution < -0.4 is 5.32 Å². The minimum absolute atomic E-state index is 0.773. The van der Waals surface area contributed by atoms with Gasteiger partial charge in [-0.2, -0.15) is 0 Å². The first-order valence-electron chi connectivity index (χ1n) is 7.48. The van der Waals surface area contributed by atoms with E-state index in [2.05, 4.69) is 27.3 Å². The molecule has 5 heteroatoms. The molecule has 2 heterocycles. The Labute approximate surface area is 116 Å². The molecule has 1 atom stereocenters. The predicted octanol–water partition coefficient (Wildman–Crippen LogP) is 1.48. The van der Waals surface area contributed by atoms with Gasteiger partial charge >= 0.3 is 0 Å². The second-order valence-electron chi connectivity index (χ2n) is 5.63. The van der Waals surface area contributed by atoms with Gasteiger partial charge in [0.05, 0.1) is 6.54 Å². The lowest BCUT2D eigenvalue weighted by atomic mass is 10.0. The van der Waals surface area contributed by atoms with Crippen molar-refractivity contribution >= 4 is 0 Å². The van der Waals surface area contributed by atoms with Gasteiger partial charge < -0.3 is 14.8 Å². The Kier molecular flexibility index (Phi) is 5.34. The van der Waals surface area contributed by atoms with Crippen molar-refractivity contribution in [3.05, 3.63) is 11.6 Å². The molecule has 5 nitrogen and oxygen atoms in total. The fraction of sp³-hybridized carbons (Fsp3) is 0.857. The monoisotopic (exact) mass is 265 g/mol. The zero-order valence-electron chi connectivity index (χ0n) is 12.5. The summed E-state index contributed by atoms with van der Waals surface area (Å²) in [4.78, 5) is 2.62. The summed E-state index contributed by atoms with van der Waals surface area (Å²) in [6.07, 6.45) is 5.35. The van der Waals surface area contributed by atoms with Crippen molar-refractivity contribution in [1.29, 1.82) is 0 Å². The highest BCUT2D eigenvalue weighted by molar-refractivity contribution is 4.91. The summed E-state index contributed by atoms with van der Waals surface area (Å²) in [6.45, 7) is 8.70. The Morgan fingerprint density at radius 2 is 2.16 bits per heavy atom. The first-order valence-corrected chi connectivity index (χ1v) is 7.48. The molecule has 0 saturated carbocycles. The minimum Gasteiger partial charge on any atom is -0.317 e. The average molecular weight is 265 g/mol. The van der Waals surface area contributed by atoms with Gasteiger partial charge in [-0.3, -0.25) is 0 Å². The molecule has 1 aromatic heterocycles. The smallest absolute Gasteiger partial charge is 0.146 e. The van der Waals surface area contributed by atoms with Crippen molar-refractivity contribution < 1.29 is 0 Å². The van der Waals surface area contributed by atoms with E-state index in [1.807, 2.05) is 18.5 Å². The van der Waals surface area contributed by atoms with Crippen LogP contribution in [0.5, 0.6) is 0 Å². The van der Waals surface area contributed by atoms with Crippen LogP contribution in [-0.2, 0) is 13.6 Å². The van der Waals surface area contributed by atoms with Crippen LogP contribution in [-0.4, -0.2) is 45.3 Å². The van der Waals surface area contributed by atoms with Gasteiger partial charge in [0, 0.05) is 13.1 Å². The van der Waals surface area contributed by atoms with Gasteiger partial charge in [0.1, 0.15) is 11.6 Å². The van der Waals surface area contributed by atoms with E-state index in [0.717, 1.165) is 30.8 Å². The van der Waals surface area contributed by atoms with Gasteiger partial charge in [0.2, 0.25) is 0 Å². The van der Waals surface area contributed by atoms with Crippen LogP contribution >= 0.6 is 0 Å². The number of aryl methyl sites for hydroxylation is 1. The fourth-order valence-corrected chi connectivity index (χ4v) is 2.70. The zero-order valence-corrected chi connectivity index (χ0v) is 12.5. The molecule has 0 aliphatic carbocycles. The number of nitrogens with zero attached hydrogens (tertiary/aromatic N) is 4. The maximum atomic E-state index is 4.15. The summed E-state index contributed by atoms with van der Waals surface area (Å²) in [5.41, 5.74) is 0. The molecule has 0 spiro atoms. The van der Waals surface area contributed by atoms with Gasteiger partial charge in [-0.05, 0) is 52.7 Å². The van der Waals surface area contributed by atoms with E-state index in [1.54, 1.807) is 0 Å². The molecular formula is C14H27N5. The van der Waals surface area contributed by atoms with E-state index in [9.17, 15) is 0 Å². The summed E-state index contributed by atoms with van der Waals surface area (Å²) in [5.74, 6) is 1.99. The lowest BCUT2D eigenvalue weighted by molar-refractivity contribution is 0.159. The Hall–Kier alpha value is -0.940. The van der Waals surface area contributed by atoms with Crippen LogP contribution in [0.15, 0.2) is 0 Å². The number of nitrogens with one attached hydrogen (secondary N) is 1. The van der Waals surface area contributed by atoms with E-state index >= 15 is 0 Å². The Morgan fingerprint density at radius 1 is 1.32 bits per heavy atom. The molecule has 1 N–H and O–H groups in total. The van der Waals surface area contributed by atoms with E-state index < -0.39 is 0 Å². The maximum Gasteiger partial charge on any atom is 0.146 e. The summed E-state index contributed by atoms with van der Waals surface area (Å²) in [5, 5.41) is 11.7. The highest BCUT2D eigenvalue weighted by Gasteiger charge is 2.16. The van der Waals surface area contributed by atoms with E-state index in [1.165, 1.54) is 38.8 Å². The van der Waals surface area contributed by atoms with Crippen molar-refractivity contribution in [3.8, 4) is 0 Å². The number of hydrogen-bond acceptors (Lipinski definition) is 4. The van der Waals surface area contributed by atoms with E-state index in [0.29, 0.717) is 0 Å². The highest BCUT2D eigenvalue weighted by Crippen LogP contribution is 2.15. The van der Waals surface area contributed by atoms with Gasteiger partial charge in [0.25, 0.3) is 0 Å². The number of likely N-dealkylation sites (tertiary alicyclic amines) is 1. The molecule has 108 valence electrons. The second kappa shape index (κ2) is 7.01. The molecular weight excluding hydrogens is 238 g/mol. The van der Waals surface area contributed by atoms with E-state index in [4.69, 9.17) is 0 Å². The van der Waals surface area contributed by atoms with E-state index in [-0.39, 0.29) is 0 Å². The van der Waals surface area contributed by atoms with Gasteiger partial charge in [0.15, 0.2) is 0 Å². The lowest BCUT2D eigenvalue weighted by Crippen LogP contribution is -2.38. The largest absolute Gasteiger partial charge is 0.317 e. The molecule has 1 aliphatic heterocycles.